The van der Waals surface area contributed by atoms with Crippen molar-refractivity contribution in [2.75, 3.05) is 12.4 Å². The molecule has 0 atom stereocenters. The number of ether oxygens (including phenoxy) is 1. The van der Waals surface area contributed by atoms with Gasteiger partial charge in [-0.05, 0) is 30.2 Å². The molecule has 0 saturated carbocycles. The first-order valence-corrected chi connectivity index (χ1v) is 8.23. The van der Waals surface area contributed by atoms with E-state index in [1.54, 1.807) is 7.11 Å². The molecule has 1 heterocycles. The van der Waals surface area contributed by atoms with Crippen LogP contribution in [0.15, 0.2) is 48.5 Å². The van der Waals surface area contributed by atoms with Gasteiger partial charge in [-0.15, -0.1) is 0 Å². The number of nitrogens with one attached hydrogen (secondary N) is 2. The molecule has 0 saturated heterocycles. The minimum atomic E-state index is 0.0375. The first-order valence-electron chi connectivity index (χ1n) is 8.23. The summed E-state index contributed by atoms with van der Waals surface area (Å²) in [5.74, 6) is 0.814. The van der Waals surface area contributed by atoms with E-state index < -0.39 is 0 Å². The smallest absolute Gasteiger partial charge is 0.224 e. The lowest BCUT2D eigenvalue weighted by atomic mass is 10.1. The fourth-order valence-corrected chi connectivity index (χ4v) is 2.86. The van der Waals surface area contributed by atoms with Crippen LogP contribution < -0.4 is 10.1 Å². The Hall–Kier alpha value is -2.75. The Labute approximate surface area is 141 Å². The van der Waals surface area contributed by atoms with E-state index >= 15 is 0 Å². The van der Waals surface area contributed by atoms with Crippen molar-refractivity contribution in [1.29, 1.82) is 0 Å². The second kappa shape index (κ2) is 7.21. The Balaban J connectivity index is 2.03. The maximum Gasteiger partial charge on any atom is 0.224 e. The Morgan fingerprint density at radius 2 is 1.96 bits per heavy atom. The van der Waals surface area contributed by atoms with Gasteiger partial charge in [-0.2, -0.15) is 0 Å². The molecule has 1 aromatic heterocycles. The van der Waals surface area contributed by atoms with Crippen molar-refractivity contribution < 1.29 is 9.53 Å². The van der Waals surface area contributed by atoms with Crippen molar-refractivity contribution in [3.05, 3.63) is 59.8 Å². The number of H-pyrrole nitrogens is 1. The zero-order chi connectivity index (χ0) is 16.9. The predicted molar refractivity (Wildman–Crippen MR) is 97.6 cm³/mol. The third-order valence-electron chi connectivity index (χ3n) is 4.05. The van der Waals surface area contributed by atoms with Gasteiger partial charge >= 0.3 is 0 Å². The summed E-state index contributed by atoms with van der Waals surface area (Å²) in [5.41, 5.74) is 4.05. The summed E-state index contributed by atoms with van der Waals surface area (Å²) in [4.78, 5) is 15.6. The van der Waals surface area contributed by atoms with Crippen LogP contribution in [0.3, 0.4) is 0 Å². The van der Waals surface area contributed by atoms with Gasteiger partial charge in [0.2, 0.25) is 5.91 Å². The molecule has 0 fully saturated rings. The highest BCUT2D eigenvalue weighted by atomic mass is 16.5. The van der Waals surface area contributed by atoms with Gasteiger partial charge in [-0.25, -0.2) is 0 Å². The molecule has 124 valence electrons. The molecule has 0 aliphatic heterocycles. The number of fused-ring (bicyclic) bond motifs is 1. The fourth-order valence-electron chi connectivity index (χ4n) is 2.86. The monoisotopic (exact) mass is 322 g/mol. The van der Waals surface area contributed by atoms with E-state index in [9.17, 15) is 4.79 Å². The zero-order valence-electron chi connectivity index (χ0n) is 14.1. The Bertz CT molecular complexity index is 837. The minimum absolute atomic E-state index is 0.0375. The highest BCUT2D eigenvalue weighted by Crippen LogP contribution is 2.32. The molecule has 0 bridgehead atoms. The maximum absolute atomic E-state index is 12.2. The van der Waals surface area contributed by atoms with Crippen molar-refractivity contribution in [2.24, 2.45) is 0 Å². The van der Waals surface area contributed by atoms with Gasteiger partial charge in [0.15, 0.2) is 0 Å². The molecule has 24 heavy (non-hydrogen) atoms. The lowest BCUT2D eigenvalue weighted by Gasteiger charge is -2.08. The third-order valence-corrected chi connectivity index (χ3v) is 4.05. The Morgan fingerprint density at radius 3 is 2.67 bits per heavy atom. The van der Waals surface area contributed by atoms with Crippen molar-refractivity contribution >= 4 is 22.5 Å². The standard InChI is InChI=1S/C20H22N2O2/c1-3-7-19(23)22-20-16-13-15(24-2)10-11-17(16)21-18(20)12-14-8-5-4-6-9-14/h4-6,8-11,13,21H,3,7,12H2,1-2H3,(H,22,23). The number of hydrogen-bond donors (Lipinski definition) is 2. The van der Waals surface area contributed by atoms with Gasteiger partial charge in [0.05, 0.1) is 12.8 Å². The molecule has 0 spiro atoms. The normalized spacial score (nSPS) is 10.8. The van der Waals surface area contributed by atoms with Gasteiger partial charge in [0, 0.05) is 29.4 Å². The number of carbonyl (C=O) groups excluding carboxylic acids is 1. The molecule has 4 heteroatoms. The largest absolute Gasteiger partial charge is 0.497 e. The molecule has 0 radical (unpaired) electrons. The van der Waals surface area contributed by atoms with E-state index in [0.29, 0.717) is 6.42 Å². The lowest BCUT2D eigenvalue weighted by molar-refractivity contribution is -0.116. The highest BCUT2D eigenvalue weighted by molar-refractivity contribution is 6.03. The lowest BCUT2D eigenvalue weighted by Crippen LogP contribution is -2.11. The summed E-state index contributed by atoms with van der Waals surface area (Å²) in [6.07, 6.45) is 2.08. The van der Waals surface area contributed by atoms with Gasteiger partial charge in [-0.3, -0.25) is 4.79 Å². The second-order valence-electron chi connectivity index (χ2n) is 5.85. The number of rotatable bonds is 6. The van der Waals surface area contributed by atoms with Crippen LogP contribution in [0.5, 0.6) is 5.75 Å². The molecule has 2 aromatic carbocycles. The number of aromatic nitrogens is 1. The van der Waals surface area contributed by atoms with Crippen molar-refractivity contribution in [1.82, 2.24) is 4.98 Å². The number of carbonyl (C=O) groups is 1. The SMILES string of the molecule is CCCC(=O)Nc1c(Cc2ccccc2)[nH]c2ccc(OC)cc12. The number of methoxy groups -OCH3 is 1. The molecule has 0 unspecified atom stereocenters. The third kappa shape index (κ3) is 3.43. The fraction of sp³-hybridized carbons (Fsp3) is 0.250. The quantitative estimate of drug-likeness (QED) is 0.702. The van der Waals surface area contributed by atoms with Gasteiger partial charge in [-0.1, -0.05) is 37.3 Å². The van der Waals surface area contributed by atoms with Crippen LogP contribution in [0, 0.1) is 0 Å². The van der Waals surface area contributed by atoms with Crippen molar-refractivity contribution in [2.45, 2.75) is 26.2 Å². The average Bonchev–Trinajstić information content (AvgIpc) is 2.92. The van der Waals surface area contributed by atoms with E-state index in [1.165, 1.54) is 5.56 Å². The number of aromatic amines is 1. The maximum atomic E-state index is 12.2. The number of anilines is 1. The van der Waals surface area contributed by atoms with E-state index in [4.69, 9.17) is 4.74 Å². The van der Waals surface area contributed by atoms with Crippen LogP contribution >= 0.6 is 0 Å². The second-order valence-corrected chi connectivity index (χ2v) is 5.85. The topological polar surface area (TPSA) is 54.1 Å². The summed E-state index contributed by atoms with van der Waals surface area (Å²) in [6.45, 7) is 2.00. The molecule has 3 rings (SSSR count). The van der Waals surface area contributed by atoms with E-state index in [0.717, 1.165) is 40.9 Å². The minimum Gasteiger partial charge on any atom is -0.497 e. The van der Waals surface area contributed by atoms with Crippen molar-refractivity contribution in [3.63, 3.8) is 0 Å². The van der Waals surface area contributed by atoms with Crippen LogP contribution in [0.4, 0.5) is 5.69 Å². The van der Waals surface area contributed by atoms with Crippen LogP contribution in [0.25, 0.3) is 10.9 Å². The highest BCUT2D eigenvalue weighted by Gasteiger charge is 2.15. The molecule has 3 aromatic rings. The Morgan fingerprint density at radius 1 is 1.17 bits per heavy atom. The Kier molecular flexibility index (Phi) is 4.85. The van der Waals surface area contributed by atoms with Gasteiger partial charge < -0.3 is 15.0 Å². The molecule has 0 aliphatic carbocycles. The van der Waals surface area contributed by atoms with Gasteiger partial charge in [0.25, 0.3) is 0 Å². The average molecular weight is 322 g/mol. The molecule has 2 N–H and O–H groups in total. The van der Waals surface area contributed by atoms with E-state index in [2.05, 4.69) is 22.4 Å². The summed E-state index contributed by atoms with van der Waals surface area (Å²) in [5, 5.41) is 4.06. The van der Waals surface area contributed by atoms with E-state index in [1.807, 2.05) is 43.3 Å². The summed E-state index contributed by atoms with van der Waals surface area (Å²) in [6, 6.07) is 16.1. The predicted octanol–water partition coefficient (Wildman–Crippen LogP) is 4.51. The van der Waals surface area contributed by atoms with Crippen LogP contribution in [0.2, 0.25) is 0 Å². The molecule has 1 amide bonds. The van der Waals surface area contributed by atoms with Gasteiger partial charge in [0.1, 0.15) is 5.75 Å². The van der Waals surface area contributed by atoms with Crippen LogP contribution in [0.1, 0.15) is 31.0 Å². The first kappa shape index (κ1) is 16.1. The summed E-state index contributed by atoms with van der Waals surface area (Å²) >= 11 is 0. The number of hydrogen-bond acceptors (Lipinski definition) is 2. The van der Waals surface area contributed by atoms with Crippen molar-refractivity contribution in [3.8, 4) is 5.75 Å². The first-order chi connectivity index (χ1) is 11.7. The zero-order valence-corrected chi connectivity index (χ0v) is 14.1. The number of amides is 1. The van der Waals surface area contributed by atoms with Crippen LogP contribution in [-0.4, -0.2) is 18.0 Å². The number of benzene rings is 2. The summed E-state index contributed by atoms with van der Waals surface area (Å²) in [7, 11) is 1.65. The molecule has 4 nitrogen and oxygen atoms in total. The molecular weight excluding hydrogens is 300 g/mol. The van der Waals surface area contributed by atoms with E-state index in [-0.39, 0.29) is 5.91 Å². The summed E-state index contributed by atoms with van der Waals surface area (Å²) < 4.78 is 5.33. The molecular formula is C20H22N2O2. The molecule has 0 aliphatic rings. The van der Waals surface area contributed by atoms with Crippen LogP contribution in [-0.2, 0) is 11.2 Å².